The summed E-state index contributed by atoms with van der Waals surface area (Å²) in [5.41, 5.74) is 2.68. The summed E-state index contributed by atoms with van der Waals surface area (Å²) in [6, 6.07) is 9.32. The molecule has 0 unspecified atom stereocenters. The van der Waals surface area contributed by atoms with E-state index in [1.807, 2.05) is 39.0 Å². The van der Waals surface area contributed by atoms with Gasteiger partial charge in [0.05, 0.1) is 17.6 Å². The summed E-state index contributed by atoms with van der Waals surface area (Å²) < 4.78 is 7.32. The topological polar surface area (TPSA) is 99.5 Å². The van der Waals surface area contributed by atoms with Crippen LogP contribution in [0.5, 0.6) is 11.6 Å². The van der Waals surface area contributed by atoms with Gasteiger partial charge in [-0.05, 0) is 49.3 Å². The van der Waals surface area contributed by atoms with Crippen molar-refractivity contribution in [1.29, 1.82) is 0 Å². The van der Waals surface area contributed by atoms with Crippen LogP contribution in [0.3, 0.4) is 0 Å². The van der Waals surface area contributed by atoms with Crippen LogP contribution in [0.25, 0.3) is 5.82 Å². The molecule has 0 aromatic carbocycles. The maximum absolute atomic E-state index is 12.6. The molecule has 4 rings (SSSR count). The van der Waals surface area contributed by atoms with Crippen molar-refractivity contribution in [3.63, 3.8) is 0 Å². The van der Waals surface area contributed by atoms with Crippen molar-refractivity contribution >= 4 is 18.3 Å². The summed E-state index contributed by atoms with van der Waals surface area (Å²) in [5.74, 6) is 0.896. The van der Waals surface area contributed by atoms with Crippen LogP contribution in [0.15, 0.2) is 36.5 Å². The van der Waals surface area contributed by atoms with Gasteiger partial charge in [-0.15, -0.1) is 0 Å². The van der Waals surface area contributed by atoms with Crippen LogP contribution in [-0.4, -0.2) is 66.7 Å². The zero-order chi connectivity index (χ0) is 23.5. The fourth-order valence-electron chi connectivity index (χ4n) is 3.79. The highest BCUT2D eigenvalue weighted by Gasteiger charge is 2.23. The third kappa shape index (κ3) is 5.23. The van der Waals surface area contributed by atoms with Gasteiger partial charge in [0.15, 0.2) is 10.5 Å². The molecule has 4 heterocycles. The Morgan fingerprint density at radius 1 is 1.21 bits per heavy atom. The lowest BCUT2D eigenvalue weighted by Crippen LogP contribution is -2.49. The molecule has 10 heteroatoms. The Morgan fingerprint density at radius 2 is 1.97 bits per heavy atom. The van der Waals surface area contributed by atoms with Crippen molar-refractivity contribution in [3.05, 3.63) is 58.4 Å². The standard InChI is InChI=1S/C23H28N6O3S/c1-15(2)20-21(30)29(22(33)26-20)19-8-7-18(13-24-19)32-23(31)28-11-9-27(10-12-28)14-17-6-4-5-16(3)25-17/h4-8,13,15,30H,9-12,14H2,1-3H3,(H,26,33). The first-order valence-corrected chi connectivity index (χ1v) is 11.3. The predicted octanol–water partition coefficient (Wildman–Crippen LogP) is 3.78. The molecule has 3 aromatic rings. The number of hydrogen-bond donors (Lipinski definition) is 2. The quantitative estimate of drug-likeness (QED) is 0.550. The molecule has 0 spiro atoms. The van der Waals surface area contributed by atoms with Crippen LogP contribution in [-0.2, 0) is 6.54 Å². The number of hydrogen-bond acceptors (Lipinski definition) is 7. The third-order valence-electron chi connectivity index (χ3n) is 5.59. The molecule has 1 fully saturated rings. The van der Waals surface area contributed by atoms with Crippen LogP contribution in [0.1, 0.15) is 36.8 Å². The molecule has 174 valence electrons. The summed E-state index contributed by atoms with van der Waals surface area (Å²) in [6.45, 7) is 9.34. The lowest BCUT2D eigenvalue weighted by atomic mass is 10.1. The summed E-state index contributed by atoms with van der Waals surface area (Å²) in [4.78, 5) is 28.4. The van der Waals surface area contributed by atoms with E-state index in [-0.39, 0.29) is 11.8 Å². The molecule has 1 aliphatic rings. The van der Waals surface area contributed by atoms with Crippen molar-refractivity contribution in [3.8, 4) is 17.4 Å². The first-order valence-electron chi connectivity index (χ1n) is 10.9. The Hall–Kier alpha value is -3.24. The van der Waals surface area contributed by atoms with Crippen LogP contribution < -0.4 is 4.74 Å². The van der Waals surface area contributed by atoms with Crippen molar-refractivity contribution < 1.29 is 14.6 Å². The number of ether oxygens (including phenoxy) is 1. The normalized spacial score (nSPS) is 14.6. The van der Waals surface area contributed by atoms with Crippen molar-refractivity contribution in [2.24, 2.45) is 0 Å². The zero-order valence-electron chi connectivity index (χ0n) is 19.0. The molecular formula is C23H28N6O3S. The smallest absolute Gasteiger partial charge is 0.415 e. The molecule has 0 aliphatic carbocycles. The number of aromatic nitrogens is 4. The summed E-state index contributed by atoms with van der Waals surface area (Å²) in [6.07, 6.45) is 1.05. The Bertz CT molecular complexity index is 1180. The van der Waals surface area contributed by atoms with Crippen molar-refractivity contribution in [2.45, 2.75) is 33.2 Å². The molecule has 1 aliphatic heterocycles. The second-order valence-corrected chi connectivity index (χ2v) is 8.80. The monoisotopic (exact) mass is 468 g/mol. The minimum atomic E-state index is -0.402. The van der Waals surface area contributed by atoms with E-state index in [0.29, 0.717) is 35.1 Å². The predicted molar refractivity (Wildman–Crippen MR) is 126 cm³/mol. The number of aromatic amines is 1. The average molecular weight is 469 g/mol. The van der Waals surface area contributed by atoms with Gasteiger partial charge in [-0.2, -0.15) is 0 Å². The molecule has 0 bridgehead atoms. The van der Waals surface area contributed by atoms with Crippen LogP contribution >= 0.6 is 12.2 Å². The highest BCUT2D eigenvalue weighted by atomic mass is 32.1. The van der Waals surface area contributed by atoms with Gasteiger partial charge in [0.25, 0.3) is 0 Å². The van der Waals surface area contributed by atoms with E-state index in [1.54, 1.807) is 17.0 Å². The number of rotatable bonds is 5. The largest absolute Gasteiger partial charge is 0.493 e. The highest BCUT2D eigenvalue weighted by Crippen LogP contribution is 2.27. The molecule has 2 N–H and O–H groups in total. The number of imidazole rings is 1. The second kappa shape index (κ2) is 9.72. The molecule has 0 saturated carbocycles. The number of carbonyl (C=O) groups is 1. The number of H-pyrrole nitrogens is 1. The van der Waals surface area contributed by atoms with Gasteiger partial charge in [-0.3, -0.25) is 9.88 Å². The van der Waals surface area contributed by atoms with E-state index in [2.05, 4.69) is 19.9 Å². The summed E-state index contributed by atoms with van der Waals surface area (Å²) in [5, 5.41) is 10.5. The number of amides is 1. The Labute approximate surface area is 197 Å². The van der Waals surface area contributed by atoms with Crippen molar-refractivity contribution in [2.75, 3.05) is 26.2 Å². The summed E-state index contributed by atoms with van der Waals surface area (Å²) in [7, 11) is 0. The third-order valence-corrected chi connectivity index (χ3v) is 5.88. The zero-order valence-corrected chi connectivity index (χ0v) is 19.8. The van der Waals surface area contributed by atoms with E-state index in [4.69, 9.17) is 17.0 Å². The lowest BCUT2D eigenvalue weighted by Gasteiger charge is -2.33. The maximum Gasteiger partial charge on any atom is 0.415 e. The van der Waals surface area contributed by atoms with E-state index in [0.717, 1.165) is 31.0 Å². The lowest BCUT2D eigenvalue weighted by molar-refractivity contribution is 0.107. The minimum absolute atomic E-state index is 0.0333. The fraction of sp³-hybridized carbons (Fsp3) is 0.391. The number of nitrogens with zero attached hydrogens (tertiary/aromatic N) is 5. The molecule has 0 atom stereocenters. The van der Waals surface area contributed by atoms with E-state index in [9.17, 15) is 9.90 Å². The van der Waals surface area contributed by atoms with Crippen molar-refractivity contribution in [1.82, 2.24) is 29.3 Å². The molecular weight excluding hydrogens is 440 g/mol. The van der Waals surface area contributed by atoms with Gasteiger partial charge in [0.1, 0.15) is 5.82 Å². The van der Waals surface area contributed by atoms with Crippen LogP contribution in [0.4, 0.5) is 4.79 Å². The number of piperazine rings is 1. The van der Waals surface area contributed by atoms with Gasteiger partial charge in [-0.1, -0.05) is 19.9 Å². The van der Waals surface area contributed by atoms with Gasteiger partial charge in [0.2, 0.25) is 5.88 Å². The van der Waals surface area contributed by atoms with Gasteiger partial charge < -0.3 is 19.7 Å². The highest BCUT2D eigenvalue weighted by molar-refractivity contribution is 7.71. The number of aryl methyl sites for hydroxylation is 1. The van der Waals surface area contributed by atoms with E-state index in [1.165, 1.54) is 10.8 Å². The van der Waals surface area contributed by atoms with Crippen LogP contribution in [0, 0.1) is 11.7 Å². The van der Waals surface area contributed by atoms with Gasteiger partial charge in [0, 0.05) is 38.4 Å². The summed E-state index contributed by atoms with van der Waals surface area (Å²) >= 11 is 5.31. The molecule has 1 amide bonds. The second-order valence-electron chi connectivity index (χ2n) is 8.41. The molecule has 3 aromatic heterocycles. The minimum Gasteiger partial charge on any atom is -0.493 e. The maximum atomic E-state index is 12.6. The first-order chi connectivity index (χ1) is 15.8. The number of nitrogens with one attached hydrogen (secondary N) is 1. The molecule has 1 saturated heterocycles. The fourth-order valence-corrected chi connectivity index (χ4v) is 4.08. The van der Waals surface area contributed by atoms with Gasteiger partial charge >= 0.3 is 6.09 Å². The molecule has 0 radical (unpaired) electrons. The Morgan fingerprint density at radius 3 is 2.58 bits per heavy atom. The number of aromatic hydroxyl groups is 1. The Kier molecular flexibility index (Phi) is 6.75. The molecule has 9 nitrogen and oxygen atoms in total. The van der Waals surface area contributed by atoms with Gasteiger partial charge in [-0.25, -0.2) is 14.3 Å². The number of pyridine rings is 2. The van der Waals surface area contributed by atoms with E-state index >= 15 is 0 Å². The SMILES string of the molecule is Cc1cccc(CN2CCN(C(=O)Oc3ccc(-n4c(O)c(C(C)C)[nH]c4=S)nc3)CC2)n1. The van der Waals surface area contributed by atoms with Crippen LogP contribution in [0.2, 0.25) is 0 Å². The number of carbonyl (C=O) groups excluding carboxylic acids is 1. The van der Waals surface area contributed by atoms with E-state index < -0.39 is 6.09 Å². The Balaban J connectivity index is 1.34. The first kappa shape index (κ1) is 22.9. The molecule has 33 heavy (non-hydrogen) atoms. The average Bonchev–Trinajstić information content (AvgIpc) is 3.09.